The Morgan fingerprint density at radius 3 is 2.55 bits per heavy atom. The third kappa shape index (κ3) is 3.89. The van der Waals surface area contributed by atoms with Crippen molar-refractivity contribution in [2.24, 2.45) is 0 Å². The lowest BCUT2D eigenvalue weighted by Crippen LogP contribution is -2.43. The first kappa shape index (κ1) is 20.3. The molecule has 5 rings (SSSR count). The Bertz CT molecular complexity index is 1120. The maximum Gasteiger partial charge on any atom is 0.195 e. The lowest BCUT2D eigenvalue weighted by atomic mass is 10.0. The fourth-order valence-electron chi connectivity index (χ4n) is 4.02. The summed E-state index contributed by atoms with van der Waals surface area (Å²) in [6.45, 7) is 2.64. The van der Waals surface area contributed by atoms with E-state index in [4.69, 9.17) is 21.1 Å². The molecule has 31 heavy (non-hydrogen) atoms. The van der Waals surface area contributed by atoms with Crippen molar-refractivity contribution < 1.29 is 9.47 Å². The van der Waals surface area contributed by atoms with Gasteiger partial charge in [0.05, 0.1) is 18.3 Å². The van der Waals surface area contributed by atoms with Crippen molar-refractivity contribution in [1.29, 1.82) is 0 Å². The Kier molecular flexibility index (Phi) is 5.57. The van der Waals surface area contributed by atoms with E-state index in [0.29, 0.717) is 11.6 Å². The molecule has 0 saturated heterocycles. The van der Waals surface area contributed by atoms with Gasteiger partial charge in [0.2, 0.25) is 0 Å². The molecule has 2 aliphatic heterocycles. The topological polar surface area (TPSA) is 33.7 Å². The van der Waals surface area contributed by atoms with E-state index in [9.17, 15) is 0 Å². The lowest BCUT2D eigenvalue weighted by molar-refractivity contribution is -0.0326. The Hall–Kier alpha value is -2.60. The third-order valence-electron chi connectivity index (χ3n) is 5.53. The summed E-state index contributed by atoms with van der Waals surface area (Å²) in [5.74, 6) is 1.73. The van der Waals surface area contributed by atoms with Crippen LogP contribution in [-0.2, 0) is 0 Å². The van der Waals surface area contributed by atoms with E-state index in [1.54, 1.807) is 11.8 Å². The predicted molar refractivity (Wildman–Crippen MR) is 126 cm³/mol. The van der Waals surface area contributed by atoms with E-state index in [1.807, 2.05) is 37.3 Å². The molecule has 3 aromatic carbocycles. The molecule has 0 spiro atoms. The molecule has 0 amide bonds. The molecule has 2 heterocycles. The summed E-state index contributed by atoms with van der Waals surface area (Å²) in [6.07, 6.45) is 4.05. The highest BCUT2D eigenvalue weighted by molar-refractivity contribution is 7.98. The van der Waals surface area contributed by atoms with Crippen molar-refractivity contribution >= 4 is 29.1 Å². The first-order chi connectivity index (χ1) is 15.2. The quantitative estimate of drug-likeness (QED) is 0.451. The summed E-state index contributed by atoms with van der Waals surface area (Å²) >= 11 is 8.05. The fraction of sp³-hybridized carbons (Fsp3) is 0.200. The molecule has 0 aliphatic carbocycles. The molecule has 6 heteroatoms. The van der Waals surface area contributed by atoms with Crippen LogP contribution >= 0.6 is 23.4 Å². The van der Waals surface area contributed by atoms with E-state index >= 15 is 0 Å². The largest absolute Gasteiger partial charge is 0.494 e. The van der Waals surface area contributed by atoms with Crippen LogP contribution < -0.4 is 14.9 Å². The van der Waals surface area contributed by atoms with Crippen LogP contribution in [0.4, 0.5) is 0 Å². The third-order valence-corrected chi connectivity index (χ3v) is 6.51. The second-order valence-corrected chi connectivity index (χ2v) is 8.74. The highest BCUT2D eigenvalue weighted by atomic mass is 35.5. The number of hydrogen-bond acceptors (Lipinski definition) is 5. The highest BCUT2D eigenvalue weighted by Crippen LogP contribution is 2.46. The van der Waals surface area contributed by atoms with Crippen LogP contribution in [0.15, 0.2) is 77.7 Å². The van der Waals surface area contributed by atoms with E-state index in [-0.39, 0.29) is 12.3 Å². The zero-order valence-corrected chi connectivity index (χ0v) is 18.9. The Balaban J connectivity index is 1.52. The molecule has 0 saturated carbocycles. The van der Waals surface area contributed by atoms with Crippen LogP contribution in [0.2, 0.25) is 5.02 Å². The van der Waals surface area contributed by atoms with Gasteiger partial charge in [0, 0.05) is 21.0 Å². The first-order valence-corrected chi connectivity index (χ1v) is 11.9. The van der Waals surface area contributed by atoms with Gasteiger partial charge in [-0.25, -0.2) is 0 Å². The number of benzene rings is 3. The summed E-state index contributed by atoms with van der Waals surface area (Å²) in [4.78, 5) is 1.23. The van der Waals surface area contributed by atoms with Gasteiger partial charge in [0.15, 0.2) is 6.23 Å². The zero-order chi connectivity index (χ0) is 21.4. The summed E-state index contributed by atoms with van der Waals surface area (Å²) in [6, 6.07) is 22.5. The van der Waals surface area contributed by atoms with Gasteiger partial charge < -0.3 is 14.9 Å². The lowest BCUT2D eigenvalue weighted by Gasteiger charge is -2.39. The SMILES string of the molecule is CCOc1ccc(C2=CC3c4cc(Cl)ccc4OC(c4ccc(SC)cc4)N3N2)cc1. The molecule has 2 atom stereocenters. The number of nitrogens with one attached hydrogen (secondary N) is 1. The number of thioether (sulfide) groups is 1. The van der Waals surface area contributed by atoms with Gasteiger partial charge in [0.25, 0.3) is 0 Å². The fourth-order valence-corrected chi connectivity index (χ4v) is 4.61. The number of fused-ring (bicyclic) bond motifs is 3. The molecule has 4 nitrogen and oxygen atoms in total. The molecular weight excluding hydrogens is 428 g/mol. The van der Waals surface area contributed by atoms with Crippen LogP contribution in [0.5, 0.6) is 11.5 Å². The van der Waals surface area contributed by atoms with Gasteiger partial charge in [-0.15, -0.1) is 11.8 Å². The minimum absolute atomic E-state index is 0.00856. The van der Waals surface area contributed by atoms with E-state index in [2.05, 4.69) is 59.2 Å². The Morgan fingerprint density at radius 1 is 1.06 bits per heavy atom. The van der Waals surface area contributed by atoms with E-state index in [1.165, 1.54) is 4.90 Å². The average molecular weight is 451 g/mol. The van der Waals surface area contributed by atoms with Gasteiger partial charge in [-0.2, -0.15) is 5.01 Å². The summed E-state index contributed by atoms with van der Waals surface area (Å²) in [5.41, 5.74) is 7.86. The van der Waals surface area contributed by atoms with Crippen LogP contribution in [0.3, 0.4) is 0 Å². The van der Waals surface area contributed by atoms with Gasteiger partial charge in [-0.3, -0.25) is 0 Å². The molecule has 3 aromatic rings. The zero-order valence-electron chi connectivity index (χ0n) is 17.3. The molecule has 158 valence electrons. The van der Waals surface area contributed by atoms with Gasteiger partial charge in [0.1, 0.15) is 11.5 Å². The normalized spacial score (nSPS) is 19.6. The molecule has 0 bridgehead atoms. The van der Waals surface area contributed by atoms with Crippen LogP contribution in [0.1, 0.15) is 35.9 Å². The van der Waals surface area contributed by atoms with Crippen LogP contribution in [-0.4, -0.2) is 17.9 Å². The predicted octanol–water partition coefficient (Wildman–Crippen LogP) is 6.45. The smallest absolute Gasteiger partial charge is 0.195 e. The molecule has 0 radical (unpaired) electrons. The highest BCUT2D eigenvalue weighted by Gasteiger charge is 2.40. The number of rotatable bonds is 5. The minimum atomic E-state index is -0.258. The molecule has 2 aliphatic rings. The molecule has 0 aromatic heterocycles. The van der Waals surface area contributed by atoms with Crippen molar-refractivity contribution in [2.75, 3.05) is 12.9 Å². The van der Waals surface area contributed by atoms with Crippen molar-refractivity contribution in [2.45, 2.75) is 24.1 Å². The van der Waals surface area contributed by atoms with Crippen molar-refractivity contribution in [1.82, 2.24) is 10.4 Å². The van der Waals surface area contributed by atoms with Gasteiger partial charge >= 0.3 is 0 Å². The van der Waals surface area contributed by atoms with Gasteiger partial charge in [-0.05, 0) is 79.4 Å². The van der Waals surface area contributed by atoms with Gasteiger partial charge in [-0.1, -0.05) is 23.7 Å². The molecular formula is C25H23ClN2O2S. The van der Waals surface area contributed by atoms with Crippen LogP contribution in [0, 0.1) is 0 Å². The average Bonchev–Trinajstić information content (AvgIpc) is 3.25. The van der Waals surface area contributed by atoms with E-state index in [0.717, 1.165) is 33.9 Å². The first-order valence-electron chi connectivity index (χ1n) is 10.3. The second-order valence-electron chi connectivity index (χ2n) is 7.43. The second kappa shape index (κ2) is 8.50. The van der Waals surface area contributed by atoms with Crippen molar-refractivity contribution in [3.63, 3.8) is 0 Å². The number of hydrogen-bond donors (Lipinski definition) is 1. The van der Waals surface area contributed by atoms with E-state index < -0.39 is 0 Å². The Morgan fingerprint density at radius 2 is 1.84 bits per heavy atom. The monoisotopic (exact) mass is 450 g/mol. The molecule has 0 fully saturated rings. The van der Waals surface area contributed by atoms with Crippen LogP contribution in [0.25, 0.3) is 5.70 Å². The number of ether oxygens (including phenoxy) is 2. The summed E-state index contributed by atoms with van der Waals surface area (Å²) in [5, 5.41) is 2.85. The molecule has 1 N–H and O–H groups in total. The number of halogens is 1. The molecule has 2 unspecified atom stereocenters. The standard InChI is InChI=1S/C25H23ClN2O2S/c1-3-29-19-9-4-16(5-10-19)22-15-23-21-14-18(26)8-13-24(21)30-25(28(23)27-22)17-6-11-20(31-2)12-7-17/h4-15,23,25,27H,3H2,1-2H3. The maximum absolute atomic E-state index is 6.44. The maximum atomic E-state index is 6.44. The summed E-state index contributed by atoms with van der Waals surface area (Å²) < 4.78 is 12.0. The van der Waals surface area contributed by atoms with Crippen molar-refractivity contribution in [3.05, 3.63) is 94.5 Å². The minimum Gasteiger partial charge on any atom is -0.494 e. The number of nitrogens with zero attached hydrogens (tertiary/aromatic N) is 1. The van der Waals surface area contributed by atoms with Crippen molar-refractivity contribution in [3.8, 4) is 11.5 Å². The Labute approximate surface area is 191 Å². The number of hydrazine groups is 1. The summed E-state index contributed by atoms with van der Waals surface area (Å²) in [7, 11) is 0.